The van der Waals surface area contributed by atoms with Crippen molar-refractivity contribution in [3.8, 4) is 5.75 Å². The van der Waals surface area contributed by atoms with Crippen molar-refractivity contribution in [2.75, 3.05) is 0 Å². The first-order valence-electron chi connectivity index (χ1n) is 6.59. The first-order valence-corrected chi connectivity index (χ1v) is 9.05. The number of nitrogens with one attached hydrogen (secondary N) is 1. The molecule has 1 N–H and O–H groups in total. The van der Waals surface area contributed by atoms with E-state index in [1.165, 1.54) is 23.3 Å². The van der Waals surface area contributed by atoms with Gasteiger partial charge in [0, 0.05) is 17.5 Å². The van der Waals surface area contributed by atoms with E-state index in [2.05, 4.69) is 60.8 Å². The zero-order valence-corrected chi connectivity index (χ0v) is 14.9. The van der Waals surface area contributed by atoms with Gasteiger partial charge < -0.3 is 10.1 Å². The second kappa shape index (κ2) is 6.60. The molecule has 5 heteroatoms. The van der Waals surface area contributed by atoms with E-state index in [1.807, 2.05) is 6.07 Å². The van der Waals surface area contributed by atoms with Gasteiger partial charge in [0.2, 0.25) is 0 Å². The van der Waals surface area contributed by atoms with Crippen LogP contribution in [0.2, 0.25) is 0 Å². The molecule has 0 unspecified atom stereocenters. The third-order valence-electron chi connectivity index (χ3n) is 3.17. The van der Waals surface area contributed by atoms with E-state index in [0.717, 1.165) is 27.3 Å². The lowest BCUT2D eigenvalue weighted by molar-refractivity contribution is 0.305. The monoisotopic (exact) mass is 415 g/mol. The minimum Gasteiger partial charge on any atom is -0.486 e. The summed E-state index contributed by atoms with van der Waals surface area (Å²) in [5.41, 5.74) is 1.26. The summed E-state index contributed by atoms with van der Waals surface area (Å²) in [4.78, 5) is 1.23. The minimum absolute atomic E-state index is 0.606. The van der Waals surface area contributed by atoms with Crippen molar-refractivity contribution in [1.29, 1.82) is 0 Å². The summed E-state index contributed by atoms with van der Waals surface area (Å²) in [6, 6.07) is 9.11. The molecule has 106 valence electrons. The van der Waals surface area contributed by atoms with Gasteiger partial charge in [-0.2, -0.15) is 0 Å². The summed E-state index contributed by atoms with van der Waals surface area (Å²) >= 11 is 8.92. The Hall–Kier alpha value is -0.360. The second-order valence-electron chi connectivity index (χ2n) is 4.91. The van der Waals surface area contributed by atoms with Crippen LogP contribution in [0.1, 0.15) is 23.3 Å². The Kier molecular flexibility index (Phi) is 4.81. The lowest BCUT2D eigenvalue weighted by Gasteiger charge is -2.12. The van der Waals surface area contributed by atoms with E-state index in [4.69, 9.17) is 4.74 Å². The van der Waals surface area contributed by atoms with Crippen molar-refractivity contribution in [2.24, 2.45) is 0 Å². The molecule has 0 radical (unpaired) electrons. The largest absolute Gasteiger partial charge is 0.486 e. The van der Waals surface area contributed by atoms with Crippen molar-refractivity contribution >= 4 is 43.2 Å². The smallest absolute Gasteiger partial charge is 0.148 e. The number of hydrogen-bond donors (Lipinski definition) is 1. The van der Waals surface area contributed by atoms with Crippen LogP contribution in [0.15, 0.2) is 38.6 Å². The third kappa shape index (κ3) is 3.85. The van der Waals surface area contributed by atoms with Crippen LogP contribution >= 0.6 is 43.2 Å². The van der Waals surface area contributed by atoms with Crippen LogP contribution in [-0.2, 0) is 13.2 Å². The SMILES string of the molecule is Brc1cc(CNC2CC2)cc(Br)c1OCc1cccs1. The van der Waals surface area contributed by atoms with Crippen LogP contribution in [0, 0.1) is 0 Å². The highest BCUT2D eigenvalue weighted by Gasteiger charge is 2.20. The Morgan fingerprint density at radius 1 is 1.25 bits per heavy atom. The first-order chi connectivity index (χ1) is 9.72. The fraction of sp³-hybridized carbons (Fsp3) is 0.333. The molecule has 1 aliphatic rings. The molecule has 0 saturated heterocycles. The summed E-state index contributed by atoms with van der Waals surface area (Å²) in [5.74, 6) is 0.869. The average Bonchev–Trinajstić information content (AvgIpc) is 3.10. The zero-order valence-electron chi connectivity index (χ0n) is 10.9. The lowest BCUT2D eigenvalue weighted by atomic mass is 10.2. The van der Waals surface area contributed by atoms with Gasteiger partial charge in [0.1, 0.15) is 12.4 Å². The van der Waals surface area contributed by atoms with Gasteiger partial charge in [-0.15, -0.1) is 11.3 Å². The van der Waals surface area contributed by atoms with Gasteiger partial charge in [-0.05, 0) is 73.8 Å². The number of ether oxygens (including phenoxy) is 1. The van der Waals surface area contributed by atoms with Gasteiger partial charge in [0.15, 0.2) is 0 Å². The first kappa shape index (κ1) is 14.6. The van der Waals surface area contributed by atoms with E-state index in [9.17, 15) is 0 Å². The molecule has 1 saturated carbocycles. The van der Waals surface area contributed by atoms with Gasteiger partial charge in [0.05, 0.1) is 8.95 Å². The van der Waals surface area contributed by atoms with Crippen LogP contribution in [0.5, 0.6) is 5.75 Å². The quantitative estimate of drug-likeness (QED) is 0.706. The van der Waals surface area contributed by atoms with E-state index in [0.29, 0.717) is 6.61 Å². The molecule has 0 amide bonds. The molecule has 0 aliphatic heterocycles. The summed E-state index contributed by atoms with van der Waals surface area (Å²) in [5, 5.41) is 5.59. The molecular weight excluding hydrogens is 402 g/mol. The topological polar surface area (TPSA) is 21.3 Å². The molecule has 2 nitrogen and oxygen atoms in total. The molecule has 1 aliphatic carbocycles. The lowest BCUT2D eigenvalue weighted by Crippen LogP contribution is -2.15. The Morgan fingerprint density at radius 3 is 2.60 bits per heavy atom. The molecule has 1 heterocycles. The highest BCUT2D eigenvalue weighted by atomic mass is 79.9. The van der Waals surface area contributed by atoms with Gasteiger partial charge in [-0.25, -0.2) is 0 Å². The Bertz CT molecular complexity index is 559. The molecule has 0 spiro atoms. The number of rotatable bonds is 6. The Balaban J connectivity index is 1.67. The Labute approximate surface area is 139 Å². The maximum Gasteiger partial charge on any atom is 0.148 e. The van der Waals surface area contributed by atoms with Crippen LogP contribution in [0.3, 0.4) is 0 Å². The summed E-state index contributed by atoms with van der Waals surface area (Å²) in [6.45, 7) is 1.52. The molecule has 2 aromatic rings. The van der Waals surface area contributed by atoms with Crippen LogP contribution in [0.25, 0.3) is 0 Å². The maximum atomic E-state index is 5.90. The standard InChI is InChI=1S/C15H15Br2NOS/c16-13-6-10(8-18-11-3-4-11)7-14(17)15(13)19-9-12-2-1-5-20-12/h1-2,5-7,11,18H,3-4,8-9H2. The molecule has 0 bridgehead atoms. The number of hydrogen-bond acceptors (Lipinski definition) is 3. The van der Waals surface area contributed by atoms with E-state index in [-0.39, 0.29) is 0 Å². The highest BCUT2D eigenvalue weighted by molar-refractivity contribution is 9.11. The molecule has 0 atom stereocenters. The molecule has 1 aromatic heterocycles. The fourth-order valence-electron chi connectivity index (χ4n) is 1.94. The second-order valence-corrected chi connectivity index (χ2v) is 7.65. The predicted octanol–water partition coefficient (Wildman–Crippen LogP) is 5.10. The van der Waals surface area contributed by atoms with Crippen molar-refractivity contribution in [2.45, 2.75) is 32.0 Å². The van der Waals surface area contributed by atoms with Crippen molar-refractivity contribution < 1.29 is 4.74 Å². The van der Waals surface area contributed by atoms with Crippen LogP contribution in [0.4, 0.5) is 0 Å². The van der Waals surface area contributed by atoms with E-state index >= 15 is 0 Å². The highest BCUT2D eigenvalue weighted by Crippen LogP contribution is 2.35. The Morgan fingerprint density at radius 2 is 2.00 bits per heavy atom. The molecule has 3 rings (SSSR count). The third-order valence-corrected chi connectivity index (χ3v) is 5.20. The maximum absolute atomic E-state index is 5.90. The molecule has 1 fully saturated rings. The molecule has 20 heavy (non-hydrogen) atoms. The van der Waals surface area contributed by atoms with Gasteiger partial charge >= 0.3 is 0 Å². The molecular formula is C15H15Br2NOS. The van der Waals surface area contributed by atoms with E-state index < -0.39 is 0 Å². The summed E-state index contributed by atoms with van der Waals surface area (Å²) < 4.78 is 7.89. The van der Waals surface area contributed by atoms with Gasteiger partial charge in [-0.1, -0.05) is 6.07 Å². The van der Waals surface area contributed by atoms with Crippen LogP contribution < -0.4 is 10.1 Å². The van der Waals surface area contributed by atoms with Gasteiger partial charge in [0.25, 0.3) is 0 Å². The van der Waals surface area contributed by atoms with Crippen LogP contribution in [-0.4, -0.2) is 6.04 Å². The summed E-state index contributed by atoms with van der Waals surface area (Å²) in [7, 11) is 0. The van der Waals surface area contributed by atoms with Crippen molar-refractivity contribution in [3.05, 3.63) is 49.0 Å². The minimum atomic E-state index is 0.606. The predicted molar refractivity (Wildman–Crippen MR) is 90.4 cm³/mol. The average molecular weight is 417 g/mol. The van der Waals surface area contributed by atoms with E-state index in [1.54, 1.807) is 11.3 Å². The van der Waals surface area contributed by atoms with Crippen molar-refractivity contribution in [1.82, 2.24) is 5.32 Å². The zero-order chi connectivity index (χ0) is 13.9. The fourth-order valence-corrected chi connectivity index (χ4v) is 4.07. The van der Waals surface area contributed by atoms with Crippen molar-refractivity contribution in [3.63, 3.8) is 0 Å². The summed E-state index contributed by atoms with van der Waals surface area (Å²) in [6.07, 6.45) is 2.62. The molecule has 1 aromatic carbocycles. The van der Waals surface area contributed by atoms with Gasteiger partial charge in [-0.3, -0.25) is 0 Å². The number of benzene rings is 1. The number of thiophene rings is 1. The normalized spacial score (nSPS) is 14.5. The number of halogens is 2.